The molecule has 106 valence electrons. The molecule has 1 aromatic carbocycles. The Bertz CT molecular complexity index is 390. The minimum Gasteiger partial charge on any atom is -0.324 e. The maximum atomic E-state index is 6.14. The van der Waals surface area contributed by atoms with Gasteiger partial charge in [0.05, 0.1) is 0 Å². The van der Waals surface area contributed by atoms with Crippen molar-refractivity contribution >= 4 is 0 Å². The summed E-state index contributed by atoms with van der Waals surface area (Å²) in [6.07, 6.45) is 4.69. The predicted molar refractivity (Wildman–Crippen MR) is 82.3 cm³/mol. The second-order valence-electron chi connectivity index (χ2n) is 6.76. The van der Waals surface area contributed by atoms with Crippen LogP contribution in [-0.4, -0.2) is 30.6 Å². The van der Waals surface area contributed by atoms with E-state index in [0.29, 0.717) is 0 Å². The number of hydrogen-bond acceptors (Lipinski definition) is 2. The fraction of sp³-hybridized carbons (Fsp3) is 0.647. The molecule has 2 nitrogen and oxygen atoms in total. The summed E-state index contributed by atoms with van der Waals surface area (Å²) in [4.78, 5) is 2.37. The minimum absolute atomic E-state index is 0.135. The molecule has 0 bridgehead atoms. The lowest BCUT2D eigenvalue weighted by atomic mass is 10.0. The van der Waals surface area contributed by atoms with Crippen LogP contribution in [0.1, 0.15) is 37.8 Å². The van der Waals surface area contributed by atoms with Crippen LogP contribution >= 0.6 is 0 Å². The van der Waals surface area contributed by atoms with Crippen molar-refractivity contribution in [1.82, 2.24) is 4.90 Å². The van der Waals surface area contributed by atoms with Gasteiger partial charge in [-0.25, -0.2) is 0 Å². The van der Waals surface area contributed by atoms with Crippen LogP contribution in [0.2, 0.25) is 0 Å². The molecule has 1 fully saturated rings. The summed E-state index contributed by atoms with van der Waals surface area (Å²) in [6.45, 7) is 6.67. The first-order chi connectivity index (χ1) is 8.97. The molecular formula is C17H28N2. The summed E-state index contributed by atoms with van der Waals surface area (Å²) in [5, 5.41) is 0. The van der Waals surface area contributed by atoms with E-state index in [1.807, 2.05) is 0 Å². The van der Waals surface area contributed by atoms with Crippen LogP contribution in [-0.2, 0) is 12.8 Å². The van der Waals surface area contributed by atoms with Crippen LogP contribution in [0.4, 0.5) is 0 Å². The Morgan fingerprint density at radius 1 is 1.16 bits per heavy atom. The Balaban J connectivity index is 1.76. The average Bonchev–Trinajstić information content (AvgIpc) is 3.05. The third kappa shape index (κ3) is 4.96. The van der Waals surface area contributed by atoms with E-state index in [1.165, 1.54) is 30.4 Å². The second-order valence-corrected chi connectivity index (χ2v) is 6.76. The summed E-state index contributed by atoms with van der Waals surface area (Å²) in [6, 6.07) is 9.11. The molecular weight excluding hydrogens is 232 g/mol. The van der Waals surface area contributed by atoms with E-state index < -0.39 is 0 Å². The third-order valence-corrected chi connectivity index (χ3v) is 3.93. The van der Waals surface area contributed by atoms with Gasteiger partial charge in [0.25, 0.3) is 0 Å². The number of nitrogens with zero attached hydrogens (tertiary/aromatic N) is 1. The van der Waals surface area contributed by atoms with Gasteiger partial charge in [-0.3, -0.25) is 0 Å². The molecule has 0 atom stereocenters. The summed E-state index contributed by atoms with van der Waals surface area (Å²) >= 11 is 0. The van der Waals surface area contributed by atoms with Crippen LogP contribution < -0.4 is 5.73 Å². The average molecular weight is 260 g/mol. The van der Waals surface area contributed by atoms with Gasteiger partial charge in [0.1, 0.15) is 0 Å². The van der Waals surface area contributed by atoms with Crippen LogP contribution in [0.25, 0.3) is 0 Å². The molecule has 0 saturated heterocycles. The number of hydrogen-bond donors (Lipinski definition) is 1. The molecule has 0 unspecified atom stereocenters. The van der Waals surface area contributed by atoms with Crippen molar-refractivity contribution in [3.05, 3.63) is 35.4 Å². The van der Waals surface area contributed by atoms with E-state index in [1.54, 1.807) is 0 Å². The molecule has 0 aromatic heterocycles. The van der Waals surface area contributed by atoms with Gasteiger partial charge >= 0.3 is 0 Å². The standard InChI is InChI=1S/C17H28N2/c1-14(2)12-16-6-4-15(5-7-16)8-11-19(3)13-17(18)9-10-17/h4-7,14H,8-13,18H2,1-3H3. The smallest absolute Gasteiger partial charge is 0.0284 e. The van der Waals surface area contributed by atoms with E-state index >= 15 is 0 Å². The Labute approximate surface area is 118 Å². The van der Waals surface area contributed by atoms with E-state index in [4.69, 9.17) is 5.73 Å². The molecule has 0 heterocycles. The maximum Gasteiger partial charge on any atom is 0.0284 e. The highest BCUT2D eigenvalue weighted by Crippen LogP contribution is 2.32. The molecule has 1 aliphatic rings. The first-order valence-corrected chi connectivity index (χ1v) is 7.52. The normalized spacial score (nSPS) is 17.2. The fourth-order valence-corrected chi connectivity index (χ4v) is 2.57. The zero-order chi connectivity index (χ0) is 13.9. The van der Waals surface area contributed by atoms with Crippen LogP contribution in [0.15, 0.2) is 24.3 Å². The van der Waals surface area contributed by atoms with Gasteiger partial charge in [-0.1, -0.05) is 38.1 Å². The van der Waals surface area contributed by atoms with E-state index in [9.17, 15) is 0 Å². The first-order valence-electron chi connectivity index (χ1n) is 7.52. The highest BCUT2D eigenvalue weighted by Gasteiger charge is 2.38. The first kappa shape index (κ1) is 14.5. The second kappa shape index (κ2) is 6.06. The SMILES string of the molecule is CC(C)Cc1ccc(CCN(C)CC2(N)CC2)cc1. The van der Waals surface area contributed by atoms with Crippen LogP contribution in [0.3, 0.4) is 0 Å². The topological polar surface area (TPSA) is 29.3 Å². The number of rotatable bonds is 7. The van der Waals surface area contributed by atoms with E-state index in [2.05, 4.69) is 50.1 Å². The Hall–Kier alpha value is -0.860. The molecule has 0 spiro atoms. The number of likely N-dealkylation sites (N-methyl/N-ethyl adjacent to an activating group) is 1. The van der Waals surface area contributed by atoms with Crippen molar-refractivity contribution in [2.45, 2.75) is 45.1 Å². The van der Waals surface area contributed by atoms with Gasteiger partial charge in [0, 0.05) is 18.6 Å². The molecule has 1 aliphatic carbocycles. The molecule has 19 heavy (non-hydrogen) atoms. The fourth-order valence-electron chi connectivity index (χ4n) is 2.57. The predicted octanol–water partition coefficient (Wildman–Crippen LogP) is 2.85. The van der Waals surface area contributed by atoms with Gasteiger partial charge < -0.3 is 10.6 Å². The highest BCUT2D eigenvalue weighted by atomic mass is 15.1. The maximum absolute atomic E-state index is 6.14. The Morgan fingerprint density at radius 3 is 2.26 bits per heavy atom. The zero-order valence-electron chi connectivity index (χ0n) is 12.7. The van der Waals surface area contributed by atoms with Gasteiger partial charge in [-0.2, -0.15) is 0 Å². The van der Waals surface area contributed by atoms with Crippen molar-refractivity contribution in [3.63, 3.8) is 0 Å². The minimum atomic E-state index is 0.135. The lowest BCUT2D eigenvalue weighted by Gasteiger charge is -2.20. The van der Waals surface area contributed by atoms with E-state index in [0.717, 1.165) is 25.4 Å². The Morgan fingerprint density at radius 2 is 1.74 bits per heavy atom. The van der Waals surface area contributed by atoms with Crippen LogP contribution in [0, 0.1) is 5.92 Å². The highest BCUT2D eigenvalue weighted by molar-refractivity contribution is 5.23. The van der Waals surface area contributed by atoms with Gasteiger partial charge in [-0.15, -0.1) is 0 Å². The van der Waals surface area contributed by atoms with Crippen molar-refractivity contribution in [3.8, 4) is 0 Å². The monoisotopic (exact) mass is 260 g/mol. The summed E-state index contributed by atoms with van der Waals surface area (Å²) < 4.78 is 0. The van der Waals surface area contributed by atoms with Crippen molar-refractivity contribution < 1.29 is 0 Å². The van der Waals surface area contributed by atoms with Gasteiger partial charge in [-0.05, 0) is 49.8 Å². The molecule has 0 radical (unpaired) electrons. The summed E-state index contributed by atoms with van der Waals surface area (Å²) in [5.41, 5.74) is 9.16. The van der Waals surface area contributed by atoms with Crippen molar-refractivity contribution in [2.24, 2.45) is 11.7 Å². The van der Waals surface area contributed by atoms with Crippen molar-refractivity contribution in [2.75, 3.05) is 20.1 Å². The Kier molecular flexibility index (Phi) is 4.64. The summed E-state index contributed by atoms with van der Waals surface area (Å²) in [7, 11) is 2.18. The third-order valence-electron chi connectivity index (χ3n) is 3.93. The van der Waals surface area contributed by atoms with E-state index in [-0.39, 0.29) is 5.54 Å². The quantitative estimate of drug-likeness (QED) is 0.817. The van der Waals surface area contributed by atoms with Crippen LogP contribution in [0.5, 0.6) is 0 Å². The van der Waals surface area contributed by atoms with Gasteiger partial charge in [0.15, 0.2) is 0 Å². The molecule has 0 aliphatic heterocycles. The zero-order valence-corrected chi connectivity index (χ0v) is 12.7. The largest absolute Gasteiger partial charge is 0.324 e. The molecule has 1 saturated carbocycles. The lowest BCUT2D eigenvalue weighted by Crippen LogP contribution is -2.38. The molecule has 2 heteroatoms. The van der Waals surface area contributed by atoms with Gasteiger partial charge in [0.2, 0.25) is 0 Å². The lowest BCUT2D eigenvalue weighted by molar-refractivity contribution is 0.306. The number of benzene rings is 1. The molecule has 0 amide bonds. The summed E-state index contributed by atoms with van der Waals surface area (Å²) in [5.74, 6) is 0.733. The van der Waals surface area contributed by atoms with Crippen molar-refractivity contribution in [1.29, 1.82) is 0 Å². The molecule has 1 aromatic rings. The number of nitrogens with two attached hydrogens (primary N) is 1. The molecule has 2 rings (SSSR count). The molecule has 2 N–H and O–H groups in total.